The number of hydrogen-bond donors (Lipinski definition) is 1. The largest absolute Gasteiger partial charge is 0.479 e. The molecule has 3 rings (SSSR count). The number of hydrogen-bond acceptors (Lipinski definition) is 4. The molecule has 2 aromatic rings. The van der Waals surface area contributed by atoms with Gasteiger partial charge in [-0.25, -0.2) is 0 Å². The predicted octanol–water partition coefficient (Wildman–Crippen LogP) is 3.87. The van der Waals surface area contributed by atoms with Crippen LogP contribution in [0.15, 0.2) is 54.6 Å². The summed E-state index contributed by atoms with van der Waals surface area (Å²) < 4.78 is 5.20. The molecule has 1 aliphatic heterocycles. The summed E-state index contributed by atoms with van der Waals surface area (Å²) in [6, 6.07) is 16.1. The van der Waals surface area contributed by atoms with E-state index in [1.807, 2.05) is 11.0 Å². The predicted molar refractivity (Wildman–Crippen MR) is 111 cm³/mol. The Balaban J connectivity index is 1.64. The van der Waals surface area contributed by atoms with Gasteiger partial charge in [0.05, 0.1) is 11.3 Å². The minimum atomic E-state index is -0.311. The number of carbonyl (C=O) groups excluding carboxylic acids is 2. The normalized spacial score (nSPS) is 13.7. The first-order valence-electron chi connectivity index (χ1n) is 9.64. The van der Waals surface area contributed by atoms with Crippen LogP contribution in [-0.4, -0.2) is 36.4 Å². The Morgan fingerprint density at radius 3 is 2.52 bits per heavy atom. The fraction of sp³-hybridized carbons (Fsp3) is 0.261. The topological polar surface area (TPSA) is 82.4 Å². The molecule has 1 N–H and O–H groups in total. The van der Waals surface area contributed by atoms with Crippen LogP contribution in [0, 0.1) is 11.3 Å². The Kier molecular flexibility index (Phi) is 7.01. The highest BCUT2D eigenvalue weighted by Crippen LogP contribution is 2.20. The first kappa shape index (κ1) is 20.2. The van der Waals surface area contributed by atoms with Crippen LogP contribution in [0.25, 0.3) is 6.08 Å². The molecular weight excluding hydrogens is 366 g/mol. The molecule has 1 aliphatic rings. The highest BCUT2D eigenvalue weighted by atomic mass is 16.5. The molecule has 1 fully saturated rings. The van der Waals surface area contributed by atoms with Gasteiger partial charge in [0.2, 0.25) is 5.91 Å². The summed E-state index contributed by atoms with van der Waals surface area (Å²) in [4.78, 5) is 27.0. The molecule has 0 spiro atoms. The Morgan fingerprint density at radius 1 is 1.07 bits per heavy atom. The first-order valence-corrected chi connectivity index (χ1v) is 9.64. The molecule has 2 amide bonds. The Morgan fingerprint density at radius 2 is 1.79 bits per heavy atom. The fourth-order valence-corrected chi connectivity index (χ4v) is 3.18. The van der Waals surface area contributed by atoms with Crippen LogP contribution in [0.4, 0.5) is 5.69 Å². The third-order valence-electron chi connectivity index (χ3n) is 4.67. The molecule has 29 heavy (non-hydrogen) atoms. The number of nitrogens with zero attached hydrogens (tertiary/aromatic N) is 2. The van der Waals surface area contributed by atoms with Crippen molar-refractivity contribution in [3.8, 4) is 11.8 Å². The zero-order valence-electron chi connectivity index (χ0n) is 16.1. The van der Waals surface area contributed by atoms with E-state index >= 15 is 0 Å². The zero-order chi connectivity index (χ0) is 20.5. The summed E-state index contributed by atoms with van der Waals surface area (Å²) >= 11 is 0. The van der Waals surface area contributed by atoms with E-state index < -0.39 is 0 Å². The van der Waals surface area contributed by atoms with Crippen LogP contribution >= 0.6 is 0 Å². The van der Waals surface area contributed by atoms with Crippen molar-refractivity contribution in [3.63, 3.8) is 0 Å². The molecule has 0 saturated carbocycles. The van der Waals surface area contributed by atoms with E-state index in [0.717, 1.165) is 37.9 Å². The van der Waals surface area contributed by atoms with E-state index in [-0.39, 0.29) is 18.4 Å². The van der Waals surface area contributed by atoms with Gasteiger partial charge in [-0.1, -0.05) is 24.3 Å². The van der Waals surface area contributed by atoms with E-state index in [4.69, 9.17) is 10.00 Å². The van der Waals surface area contributed by atoms with Gasteiger partial charge in [-0.2, -0.15) is 5.26 Å². The lowest BCUT2D eigenvalue weighted by Gasteiger charge is -2.27. The quantitative estimate of drug-likeness (QED) is 0.761. The number of rotatable bonds is 6. The van der Waals surface area contributed by atoms with Gasteiger partial charge in [0.25, 0.3) is 5.91 Å². The van der Waals surface area contributed by atoms with Crippen molar-refractivity contribution in [1.29, 1.82) is 5.26 Å². The maximum atomic E-state index is 12.8. The average molecular weight is 389 g/mol. The lowest BCUT2D eigenvalue weighted by atomic mass is 10.1. The molecule has 0 unspecified atom stereocenters. The molecule has 1 saturated heterocycles. The van der Waals surface area contributed by atoms with Crippen LogP contribution in [0.3, 0.4) is 0 Å². The van der Waals surface area contributed by atoms with Crippen molar-refractivity contribution in [2.24, 2.45) is 0 Å². The van der Waals surface area contributed by atoms with Gasteiger partial charge in [-0.05, 0) is 55.2 Å². The van der Waals surface area contributed by atoms with E-state index in [1.165, 1.54) is 6.08 Å². The van der Waals surface area contributed by atoms with E-state index in [0.29, 0.717) is 17.0 Å². The highest BCUT2D eigenvalue weighted by Gasteiger charge is 2.20. The summed E-state index contributed by atoms with van der Waals surface area (Å²) in [6.07, 6.45) is 6.29. The number of likely N-dealkylation sites (tertiary alicyclic amines) is 1. The van der Waals surface area contributed by atoms with Gasteiger partial charge in [-0.3, -0.25) is 9.59 Å². The lowest BCUT2D eigenvalue weighted by Crippen LogP contribution is -2.36. The maximum absolute atomic E-state index is 12.8. The Labute approximate surface area is 170 Å². The zero-order valence-corrected chi connectivity index (χ0v) is 16.1. The minimum absolute atomic E-state index is 0.00680. The monoisotopic (exact) mass is 389 g/mol. The van der Waals surface area contributed by atoms with Gasteiger partial charge in [0, 0.05) is 19.2 Å². The Hall–Kier alpha value is -3.59. The second kappa shape index (κ2) is 10.1. The SMILES string of the molecule is N#CCOc1ccc(C=CC(=O)Nc2ccccc2C(=O)N2CCCCC2)cc1. The number of nitriles is 1. The number of para-hydroxylation sites is 1. The van der Waals surface area contributed by atoms with Crippen LogP contribution in [-0.2, 0) is 4.79 Å². The van der Waals surface area contributed by atoms with Gasteiger partial charge in [0.1, 0.15) is 11.8 Å². The molecule has 0 radical (unpaired) electrons. The molecule has 0 atom stereocenters. The number of anilines is 1. The second-order valence-corrected chi connectivity index (χ2v) is 6.74. The molecule has 2 aromatic carbocycles. The van der Waals surface area contributed by atoms with E-state index in [1.54, 1.807) is 54.6 Å². The summed E-state index contributed by atoms with van der Waals surface area (Å²) in [7, 11) is 0. The van der Waals surface area contributed by atoms with Crippen molar-refractivity contribution in [1.82, 2.24) is 4.90 Å². The van der Waals surface area contributed by atoms with Crippen molar-refractivity contribution in [3.05, 3.63) is 65.7 Å². The summed E-state index contributed by atoms with van der Waals surface area (Å²) in [5, 5.41) is 11.3. The van der Waals surface area contributed by atoms with Gasteiger partial charge in [-0.15, -0.1) is 0 Å². The Bertz CT molecular complexity index is 923. The van der Waals surface area contributed by atoms with Crippen molar-refractivity contribution < 1.29 is 14.3 Å². The van der Waals surface area contributed by atoms with Crippen LogP contribution < -0.4 is 10.1 Å². The number of piperidine rings is 1. The molecule has 6 nitrogen and oxygen atoms in total. The van der Waals surface area contributed by atoms with Crippen molar-refractivity contribution in [2.75, 3.05) is 25.0 Å². The smallest absolute Gasteiger partial charge is 0.255 e. The highest BCUT2D eigenvalue weighted by molar-refractivity contribution is 6.07. The molecular formula is C23H23N3O3. The second-order valence-electron chi connectivity index (χ2n) is 6.74. The molecule has 148 valence electrons. The van der Waals surface area contributed by atoms with Gasteiger partial charge >= 0.3 is 0 Å². The van der Waals surface area contributed by atoms with Gasteiger partial charge < -0.3 is 15.0 Å². The third-order valence-corrected chi connectivity index (χ3v) is 4.67. The fourth-order valence-electron chi connectivity index (χ4n) is 3.18. The number of nitrogens with one attached hydrogen (secondary N) is 1. The van der Waals surface area contributed by atoms with Crippen LogP contribution in [0.5, 0.6) is 5.75 Å². The number of benzene rings is 2. The number of ether oxygens (including phenoxy) is 1. The summed E-state index contributed by atoms with van der Waals surface area (Å²) in [5.74, 6) is 0.240. The molecule has 1 heterocycles. The molecule has 0 bridgehead atoms. The molecule has 0 aromatic heterocycles. The summed E-state index contributed by atoms with van der Waals surface area (Å²) in [5.41, 5.74) is 1.84. The number of amides is 2. The third kappa shape index (κ3) is 5.69. The standard InChI is InChI=1S/C23H23N3O3/c24-14-17-29-19-11-8-18(9-12-19)10-13-22(27)25-21-7-3-2-6-20(21)23(28)26-15-4-1-5-16-26/h2-3,6-13H,1,4-5,15-17H2,(H,25,27). The molecule has 6 heteroatoms. The van der Waals surface area contributed by atoms with Crippen molar-refractivity contribution in [2.45, 2.75) is 19.3 Å². The first-order chi connectivity index (χ1) is 14.2. The minimum Gasteiger partial charge on any atom is -0.479 e. The average Bonchev–Trinajstić information content (AvgIpc) is 2.77. The van der Waals surface area contributed by atoms with E-state index in [2.05, 4.69) is 5.32 Å². The maximum Gasteiger partial charge on any atom is 0.255 e. The number of carbonyl (C=O) groups is 2. The van der Waals surface area contributed by atoms with Gasteiger partial charge in [0.15, 0.2) is 6.61 Å². The van der Waals surface area contributed by atoms with Crippen LogP contribution in [0.1, 0.15) is 35.2 Å². The molecule has 0 aliphatic carbocycles. The van der Waals surface area contributed by atoms with Crippen molar-refractivity contribution >= 4 is 23.6 Å². The van der Waals surface area contributed by atoms with E-state index in [9.17, 15) is 9.59 Å². The van der Waals surface area contributed by atoms with Crippen LogP contribution in [0.2, 0.25) is 0 Å². The lowest BCUT2D eigenvalue weighted by molar-refractivity contribution is -0.111. The summed E-state index contributed by atoms with van der Waals surface area (Å²) in [6.45, 7) is 1.51.